The summed E-state index contributed by atoms with van der Waals surface area (Å²) in [5.74, 6) is 0.638. The average Bonchev–Trinajstić information content (AvgIpc) is 2.87. The van der Waals surface area contributed by atoms with Crippen molar-refractivity contribution in [2.75, 3.05) is 0 Å². The molecule has 0 aliphatic heterocycles. The van der Waals surface area contributed by atoms with E-state index in [9.17, 15) is 0 Å². The number of halogens is 2. The average molecular weight is 295 g/mol. The van der Waals surface area contributed by atoms with Crippen molar-refractivity contribution < 1.29 is 0 Å². The zero-order valence-corrected chi connectivity index (χ0v) is 11.8. The van der Waals surface area contributed by atoms with Crippen LogP contribution < -0.4 is 0 Å². The second kappa shape index (κ2) is 4.50. The van der Waals surface area contributed by atoms with Gasteiger partial charge in [0, 0.05) is 10.9 Å². The normalized spacial score (nSPS) is 11.1. The Morgan fingerprint density at radius 2 is 1.94 bits per heavy atom. The number of rotatable bonds is 1. The molecule has 0 saturated carbocycles. The number of fused-ring (bicyclic) bond motifs is 1. The molecule has 90 valence electrons. The molecule has 0 unspecified atom stereocenters. The van der Waals surface area contributed by atoms with Gasteiger partial charge < -0.3 is 0 Å². The first kappa shape index (κ1) is 11.9. The van der Waals surface area contributed by atoms with Crippen LogP contribution in [0.25, 0.3) is 22.3 Å². The number of hydrogen-bond donors (Lipinski definition) is 0. The topological polar surface area (TPSA) is 25.8 Å². The fraction of sp³-hybridized carbons (Fsp3) is 0.0769. The number of aromatic nitrogens is 2. The number of hydrogen-bond acceptors (Lipinski definition) is 3. The lowest BCUT2D eigenvalue weighted by Gasteiger charge is -2.07. The Bertz CT molecular complexity index is 723. The van der Waals surface area contributed by atoms with Crippen molar-refractivity contribution >= 4 is 45.4 Å². The molecule has 0 N–H and O–H groups in total. The predicted octanol–water partition coefficient (Wildman–Crippen LogP) is 4.97. The van der Waals surface area contributed by atoms with Crippen LogP contribution in [0, 0.1) is 6.92 Å². The van der Waals surface area contributed by atoms with Crippen LogP contribution in [0.3, 0.4) is 0 Å². The minimum atomic E-state index is 0.398. The van der Waals surface area contributed by atoms with Crippen LogP contribution in [0.2, 0.25) is 10.2 Å². The van der Waals surface area contributed by atoms with Crippen LogP contribution >= 0.6 is 34.5 Å². The van der Waals surface area contributed by atoms with Crippen LogP contribution in [0.15, 0.2) is 29.0 Å². The Kier molecular flexibility index (Phi) is 2.98. The lowest BCUT2D eigenvalue weighted by atomic mass is 10.1. The van der Waals surface area contributed by atoms with Gasteiger partial charge in [0.05, 0.1) is 15.9 Å². The number of thiophene rings is 1. The van der Waals surface area contributed by atoms with Crippen molar-refractivity contribution in [3.8, 4) is 11.4 Å². The first-order valence-corrected chi connectivity index (χ1v) is 7.01. The zero-order chi connectivity index (χ0) is 12.7. The number of benzene rings is 1. The van der Waals surface area contributed by atoms with Crippen molar-refractivity contribution in [1.82, 2.24) is 9.97 Å². The summed E-state index contributed by atoms with van der Waals surface area (Å²) in [6.45, 7) is 1.99. The second-order valence-electron chi connectivity index (χ2n) is 3.94. The molecule has 3 rings (SSSR count). The monoisotopic (exact) mass is 294 g/mol. The smallest absolute Gasteiger partial charge is 0.162 e. The molecular weight excluding hydrogens is 287 g/mol. The molecule has 0 aliphatic rings. The Balaban J connectivity index is 2.37. The van der Waals surface area contributed by atoms with Gasteiger partial charge >= 0.3 is 0 Å². The minimum absolute atomic E-state index is 0.398. The maximum absolute atomic E-state index is 6.22. The van der Waals surface area contributed by atoms with E-state index in [0.29, 0.717) is 16.0 Å². The third-order valence-corrected chi connectivity index (χ3v) is 4.01. The Morgan fingerprint density at radius 3 is 2.67 bits per heavy atom. The molecule has 0 atom stereocenters. The van der Waals surface area contributed by atoms with Crippen LogP contribution in [-0.2, 0) is 0 Å². The molecule has 2 aromatic heterocycles. The van der Waals surface area contributed by atoms with Crippen molar-refractivity contribution in [2.45, 2.75) is 6.92 Å². The molecule has 0 aliphatic carbocycles. The molecule has 0 spiro atoms. The molecule has 0 fully saturated rings. The fourth-order valence-corrected chi connectivity index (χ4v) is 3.01. The Labute approximate surface area is 118 Å². The van der Waals surface area contributed by atoms with Crippen molar-refractivity contribution in [3.05, 3.63) is 44.7 Å². The van der Waals surface area contributed by atoms with Crippen molar-refractivity contribution in [1.29, 1.82) is 0 Å². The van der Waals surface area contributed by atoms with Gasteiger partial charge in [0.15, 0.2) is 5.82 Å². The van der Waals surface area contributed by atoms with E-state index in [0.717, 1.165) is 22.0 Å². The number of aryl methyl sites for hydroxylation is 1. The highest BCUT2D eigenvalue weighted by molar-refractivity contribution is 7.08. The van der Waals surface area contributed by atoms with Gasteiger partial charge in [-0.15, -0.1) is 0 Å². The summed E-state index contributed by atoms with van der Waals surface area (Å²) >= 11 is 14.0. The predicted molar refractivity (Wildman–Crippen MR) is 77.6 cm³/mol. The van der Waals surface area contributed by atoms with E-state index in [-0.39, 0.29) is 0 Å². The van der Waals surface area contributed by atoms with Crippen molar-refractivity contribution in [2.24, 2.45) is 0 Å². The van der Waals surface area contributed by atoms with E-state index in [1.54, 1.807) is 11.3 Å². The summed E-state index contributed by atoms with van der Waals surface area (Å²) < 4.78 is 0. The van der Waals surface area contributed by atoms with Gasteiger partial charge in [0.25, 0.3) is 0 Å². The molecule has 0 bridgehead atoms. The van der Waals surface area contributed by atoms with E-state index in [4.69, 9.17) is 23.2 Å². The summed E-state index contributed by atoms with van der Waals surface area (Å²) in [7, 11) is 0. The summed E-state index contributed by atoms with van der Waals surface area (Å²) in [5.41, 5.74) is 2.82. The molecule has 2 heterocycles. The molecule has 0 radical (unpaired) electrons. The van der Waals surface area contributed by atoms with Crippen LogP contribution in [0.1, 0.15) is 5.56 Å². The Hall–Kier alpha value is -1.16. The maximum Gasteiger partial charge on any atom is 0.162 e. The van der Waals surface area contributed by atoms with Crippen LogP contribution in [-0.4, -0.2) is 9.97 Å². The lowest BCUT2D eigenvalue weighted by Crippen LogP contribution is -1.93. The van der Waals surface area contributed by atoms with E-state index >= 15 is 0 Å². The molecule has 0 amide bonds. The fourth-order valence-electron chi connectivity index (χ4n) is 1.81. The third-order valence-electron chi connectivity index (χ3n) is 2.74. The van der Waals surface area contributed by atoms with Crippen LogP contribution in [0.4, 0.5) is 0 Å². The molecule has 0 saturated heterocycles. The van der Waals surface area contributed by atoms with Gasteiger partial charge in [-0.3, -0.25) is 0 Å². The quantitative estimate of drug-likeness (QED) is 0.592. The van der Waals surface area contributed by atoms with Gasteiger partial charge in [-0.1, -0.05) is 29.3 Å². The summed E-state index contributed by atoms with van der Waals surface area (Å²) in [6, 6.07) is 5.73. The SMILES string of the molecule is Cc1ccc(Cl)c2c(Cl)nc(-c3ccsc3)nc12. The molecule has 1 aromatic carbocycles. The standard InChI is InChI=1S/C13H8Cl2N2S/c1-7-2-3-9(14)10-11(7)16-13(17-12(10)15)8-4-5-18-6-8/h2-6H,1H3. The first-order valence-electron chi connectivity index (χ1n) is 5.32. The van der Waals surface area contributed by atoms with E-state index < -0.39 is 0 Å². The molecule has 3 aromatic rings. The highest BCUT2D eigenvalue weighted by Crippen LogP contribution is 2.32. The second-order valence-corrected chi connectivity index (χ2v) is 5.48. The highest BCUT2D eigenvalue weighted by atomic mass is 35.5. The molecule has 2 nitrogen and oxygen atoms in total. The van der Waals surface area contributed by atoms with Gasteiger partial charge in [0.2, 0.25) is 0 Å². The molecule has 5 heteroatoms. The largest absolute Gasteiger partial charge is 0.228 e. The van der Waals surface area contributed by atoms with E-state index in [1.165, 1.54) is 0 Å². The van der Waals surface area contributed by atoms with Gasteiger partial charge in [-0.2, -0.15) is 11.3 Å². The third kappa shape index (κ3) is 1.88. The van der Waals surface area contributed by atoms with E-state index in [1.807, 2.05) is 35.9 Å². The first-order chi connectivity index (χ1) is 8.66. The molecule has 18 heavy (non-hydrogen) atoms. The summed E-state index contributed by atoms with van der Waals surface area (Å²) in [6.07, 6.45) is 0. The van der Waals surface area contributed by atoms with Crippen molar-refractivity contribution in [3.63, 3.8) is 0 Å². The van der Waals surface area contributed by atoms with Gasteiger partial charge in [0.1, 0.15) is 5.15 Å². The van der Waals surface area contributed by atoms with Crippen LogP contribution in [0.5, 0.6) is 0 Å². The molecular formula is C13H8Cl2N2S. The zero-order valence-electron chi connectivity index (χ0n) is 9.45. The maximum atomic E-state index is 6.22. The summed E-state index contributed by atoms with van der Waals surface area (Å²) in [4.78, 5) is 8.89. The number of nitrogens with zero attached hydrogens (tertiary/aromatic N) is 2. The minimum Gasteiger partial charge on any atom is -0.228 e. The highest BCUT2D eigenvalue weighted by Gasteiger charge is 2.12. The lowest BCUT2D eigenvalue weighted by molar-refractivity contribution is 1.22. The van der Waals surface area contributed by atoms with E-state index in [2.05, 4.69) is 9.97 Å². The van der Waals surface area contributed by atoms with Gasteiger partial charge in [-0.25, -0.2) is 9.97 Å². The Morgan fingerprint density at radius 1 is 1.11 bits per heavy atom. The van der Waals surface area contributed by atoms with Gasteiger partial charge in [-0.05, 0) is 30.0 Å². The summed E-state index contributed by atoms with van der Waals surface area (Å²) in [5, 5.41) is 5.68.